The van der Waals surface area contributed by atoms with Gasteiger partial charge in [-0.1, -0.05) is 104 Å². The van der Waals surface area contributed by atoms with E-state index in [2.05, 4.69) is 23.7 Å². The number of phenolic OH excluding ortho intramolecular Hbond substituents is 1. The first-order chi connectivity index (χ1) is 26.7. The Hall–Kier alpha value is -5.17. The van der Waals surface area contributed by atoms with Crippen LogP contribution in [0.2, 0.25) is 0 Å². The second-order valence-electron chi connectivity index (χ2n) is 13.4. The Morgan fingerprint density at radius 3 is 2.11 bits per heavy atom. The van der Waals surface area contributed by atoms with Crippen molar-refractivity contribution in [1.82, 2.24) is 19.7 Å². The Labute approximate surface area is 326 Å². The molecule has 5 rings (SSSR count). The summed E-state index contributed by atoms with van der Waals surface area (Å²) in [6.45, 7) is 8.70. The van der Waals surface area contributed by atoms with Crippen LogP contribution in [0.25, 0.3) is 10.2 Å². The molecular weight excluding hydrogens is 717 g/mol. The minimum atomic E-state index is -1.09. The third-order valence-electron chi connectivity index (χ3n) is 9.80. The van der Waals surface area contributed by atoms with Crippen LogP contribution in [0.4, 0.5) is 4.79 Å². The molecule has 0 aliphatic carbocycles. The molecule has 1 heterocycles. The zero-order chi connectivity index (χ0) is 39.0. The highest BCUT2D eigenvalue weighted by molar-refractivity contribution is 7.16. The summed E-state index contributed by atoms with van der Waals surface area (Å²) < 4.78 is 12.4. The monoisotopic (exact) mass is 768 g/mol. The van der Waals surface area contributed by atoms with Crippen molar-refractivity contribution >= 4 is 33.6 Å². The number of carbonyl (C=O) groups is 2. The average molecular weight is 769 g/mol. The summed E-state index contributed by atoms with van der Waals surface area (Å²) in [4.78, 5) is 46.4. The molecule has 11 nitrogen and oxygen atoms in total. The van der Waals surface area contributed by atoms with E-state index in [9.17, 15) is 24.6 Å². The Balaban J connectivity index is 1.18. The first-order valence-corrected chi connectivity index (χ1v) is 19.8. The fourth-order valence-corrected chi connectivity index (χ4v) is 7.52. The van der Waals surface area contributed by atoms with E-state index >= 15 is 0 Å². The maximum atomic E-state index is 13.6. The van der Waals surface area contributed by atoms with Crippen molar-refractivity contribution in [1.29, 1.82) is 0 Å². The normalized spacial score (nSPS) is 11.8. The number of aromatic nitrogens is 1. The second kappa shape index (κ2) is 21.1. The zero-order valence-corrected chi connectivity index (χ0v) is 32.5. The number of fused-ring (bicyclic) bond motifs is 1. The number of hydrogen-bond donors (Lipinski definition) is 3. The van der Waals surface area contributed by atoms with E-state index < -0.39 is 6.09 Å². The second-order valence-corrected chi connectivity index (χ2v) is 14.4. The number of rotatable bonds is 22. The molecule has 2 amide bonds. The van der Waals surface area contributed by atoms with E-state index in [4.69, 9.17) is 9.47 Å². The zero-order valence-electron chi connectivity index (χ0n) is 31.7. The number of carboxylic acid groups (broad SMARTS) is 1. The molecule has 0 bridgehead atoms. The van der Waals surface area contributed by atoms with Crippen molar-refractivity contribution in [2.24, 2.45) is 0 Å². The van der Waals surface area contributed by atoms with E-state index in [1.54, 1.807) is 11.0 Å². The van der Waals surface area contributed by atoms with Crippen LogP contribution in [0, 0.1) is 0 Å². The molecule has 12 heteroatoms. The molecule has 0 fully saturated rings. The van der Waals surface area contributed by atoms with Crippen LogP contribution in [-0.2, 0) is 29.0 Å². The van der Waals surface area contributed by atoms with Gasteiger partial charge < -0.3 is 39.4 Å². The summed E-state index contributed by atoms with van der Waals surface area (Å²) in [6.07, 6.45) is 0.311. The first-order valence-electron chi connectivity index (χ1n) is 18.9. The van der Waals surface area contributed by atoms with Gasteiger partial charge >= 0.3 is 11.0 Å². The molecule has 1 aromatic heterocycles. The Morgan fingerprint density at radius 1 is 0.782 bits per heavy atom. The van der Waals surface area contributed by atoms with Crippen molar-refractivity contribution in [2.45, 2.75) is 45.6 Å². The Bertz CT molecular complexity index is 1980. The first kappa shape index (κ1) is 41.0. The number of ether oxygens (including phenoxy) is 2. The van der Waals surface area contributed by atoms with Gasteiger partial charge in [-0.25, -0.2) is 4.79 Å². The lowest BCUT2D eigenvalue weighted by molar-refractivity contribution is -0.132. The van der Waals surface area contributed by atoms with Gasteiger partial charge in [-0.2, -0.15) is 0 Å². The third-order valence-corrected chi connectivity index (χ3v) is 10.7. The van der Waals surface area contributed by atoms with Gasteiger partial charge in [-0.05, 0) is 66.4 Å². The minimum Gasteiger partial charge on any atom is -0.506 e. The number of nitrogens with zero attached hydrogens (tertiary/aromatic N) is 3. The quantitative estimate of drug-likeness (QED) is 0.0641. The molecule has 0 aliphatic rings. The molecule has 0 saturated carbocycles. The van der Waals surface area contributed by atoms with Crippen LogP contribution in [0.5, 0.6) is 11.5 Å². The number of phenols is 1. The number of benzene rings is 4. The fourth-order valence-electron chi connectivity index (χ4n) is 6.57. The number of nitrogens with one attached hydrogen (secondary N) is 1. The Morgan fingerprint density at radius 2 is 1.44 bits per heavy atom. The summed E-state index contributed by atoms with van der Waals surface area (Å²) in [5, 5.41) is 20.9. The fraction of sp³-hybridized carbons (Fsp3) is 0.372. The summed E-state index contributed by atoms with van der Waals surface area (Å²) in [6, 6.07) is 31.1. The lowest BCUT2D eigenvalue weighted by Crippen LogP contribution is -2.45. The molecule has 292 valence electrons. The SMILES string of the molecule is CCN(CC)CCN(CCN(CC(Cc1ccccc1)c1ccc(O)c2[nH]c(=O)sc12)C(=O)O)C(=O)CCOCCc1ccc(OCc2ccccc2)cc1. The summed E-state index contributed by atoms with van der Waals surface area (Å²) in [5.41, 5.74) is 4.37. The molecule has 0 saturated heterocycles. The number of thiazole rings is 1. The standard InChI is InChI=1S/C43H52N4O7S/c1-3-45(4-2)23-24-46(39(49)22-28-53-27-21-32-15-17-36(18-16-32)54-31-34-13-9-6-10-14-34)25-26-47(43(51)52)30-35(29-33-11-7-5-8-12-33)37-19-20-38(48)40-41(37)55-42(50)44-40/h5-20,35,48H,3-4,21-31H2,1-2H3,(H,44,50)(H,51,52). The van der Waals surface area contributed by atoms with Gasteiger partial charge in [0.25, 0.3) is 0 Å². The van der Waals surface area contributed by atoms with Gasteiger partial charge in [0.05, 0.1) is 24.3 Å². The molecule has 1 atom stereocenters. The number of amides is 2. The van der Waals surface area contributed by atoms with Crippen LogP contribution in [0.1, 0.15) is 48.4 Å². The maximum absolute atomic E-state index is 13.6. The van der Waals surface area contributed by atoms with E-state index in [0.29, 0.717) is 49.4 Å². The van der Waals surface area contributed by atoms with Crippen molar-refractivity contribution in [3.05, 3.63) is 129 Å². The summed E-state index contributed by atoms with van der Waals surface area (Å²) >= 11 is 1.00. The van der Waals surface area contributed by atoms with Crippen molar-refractivity contribution in [2.75, 3.05) is 59.0 Å². The average Bonchev–Trinajstić information content (AvgIpc) is 3.61. The molecular formula is C43H52N4O7S. The summed E-state index contributed by atoms with van der Waals surface area (Å²) in [7, 11) is 0. The molecule has 3 N–H and O–H groups in total. The van der Waals surface area contributed by atoms with E-state index in [1.165, 1.54) is 11.0 Å². The molecule has 5 aromatic rings. The van der Waals surface area contributed by atoms with Crippen LogP contribution in [-0.4, -0.2) is 101 Å². The van der Waals surface area contributed by atoms with Crippen molar-refractivity contribution < 1.29 is 29.3 Å². The molecule has 55 heavy (non-hydrogen) atoms. The highest BCUT2D eigenvalue weighted by Gasteiger charge is 2.25. The van der Waals surface area contributed by atoms with Crippen LogP contribution >= 0.6 is 11.3 Å². The van der Waals surface area contributed by atoms with Crippen LogP contribution < -0.4 is 9.61 Å². The number of carbonyl (C=O) groups excluding carboxylic acids is 1. The predicted molar refractivity (Wildman–Crippen MR) is 217 cm³/mol. The van der Waals surface area contributed by atoms with Crippen LogP contribution in [0.3, 0.4) is 0 Å². The lowest BCUT2D eigenvalue weighted by atomic mass is 9.91. The highest BCUT2D eigenvalue weighted by atomic mass is 32.1. The van der Waals surface area contributed by atoms with E-state index in [1.807, 2.05) is 84.9 Å². The molecule has 1 unspecified atom stereocenters. The van der Waals surface area contributed by atoms with Gasteiger partial charge in [-0.15, -0.1) is 0 Å². The van der Waals surface area contributed by atoms with Crippen molar-refractivity contribution in [3.8, 4) is 11.5 Å². The van der Waals surface area contributed by atoms with Gasteiger partial charge in [-0.3, -0.25) is 9.59 Å². The topological polar surface area (TPSA) is 136 Å². The number of H-pyrrole nitrogens is 1. The van der Waals surface area contributed by atoms with E-state index in [0.717, 1.165) is 52.4 Å². The number of hydrogen-bond acceptors (Lipinski definition) is 8. The third kappa shape index (κ3) is 12.4. The van der Waals surface area contributed by atoms with Crippen molar-refractivity contribution in [3.63, 3.8) is 0 Å². The molecule has 0 spiro atoms. The van der Waals surface area contributed by atoms with Gasteiger partial charge in [0.2, 0.25) is 5.91 Å². The number of aromatic amines is 1. The maximum Gasteiger partial charge on any atom is 0.407 e. The number of aromatic hydroxyl groups is 1. The van der Waals surface area contributed by atoms with Gasteiger partial charge in [0.15, 0.2) is 0 Å². The van der Waals surface area contributed by atoms with E-state index in [-0.39, 0.29) is 55.1 Å². The Kier molecular flexibility index (Phi) is 15.7. The molecule has 4 aromatic carbocycles. The largest absolute Gasteiger partial charge is 0.506 e. The van der Waals surface area contributed by atoms with Gasteiger partial charge in [0.1, 0.15) is 23.6 Å². The lowest BCUT2D eigenvalue weighted by Gasteiger charge is -2.31. The summed E-state index contributed by atoms with van der Waals surface area (Å²) in [5.74, 6) is 0.361. The van der Waals surface area contributed by atoms with Gasteiger partial charge in [0, 0.05) is 38.6 Å². The number of likely N-dealkylation sites (N-methyl/N-ethyl adjacent to an activating group) is 1. The minimum absolute atomic E-state index is 0.0316. The smallest absolute Gasteiger partial charge is 0.407 e. The highest BCUT2D eigenvalue weighted by Crippen LogP contribution is 2.34. The molecule has 0 aliphatic heterocycles. The predicted octanol–water partition coefficient (Wildman–Crippen LogP) is 7.00. The molecule has 0 radical (unpaired) electrons. The van der Waals surface area contributed by atoms with Crippen LogP contribution in [0.15, 0.2) is 102 Å².